The Balaban J connectivity index is 3.68. The van der Waals surface area contributed by atoms with Gasteiger partial charge >= 0.3 is 0 Å². The molecular formula is C8H18ClNO2S. The average molecular weight is 228 g/mol. The molecule has 0 saturated carbocycles. The molecule has 0 saturated heterocycles. The van der Waals surface area contributed by atoms with Gasteiger partial charge in [0.1, 0.15) is 0 Å². The summed E-state index contributed by atoms with van der Waals surface area (Å²) in [6.07, 6.45) is 1.39. The van der Waals surface area contributed by atoms with Gasteiger partial charge in [-0.3, -0.25) is 0 Å². The Morgan fingerprint density at radius 3 is 2.38 bits per heavy atom. The summed E-state index contributed by atoms with van der Waals surface area (Å²) in [5, 5.41) is 0. The number of sulfonamides is 1. The van der Waals surface area contributed by atoms with E-state index in [1.165, 1.54) is 0 Å². The summed E-state index contributed by atoms with van der Waals surface area (Å²) < 4.78 is 25.1. The standard InChI is InChI=1S/C8H18ClNO2S/c1-8(2)7-10-13(11,12)6-4-3-5-9/h8,10H,3-7H2,1-2H3. The molecule has 0 aliphatic heterocycles. The first-order valence-electron chi connectivity index (χ1n) is 4.51. The molecule has 0 amide bonds. The molecule has 0 radical (unpaired) electrons. The van der Waals surface area contributed by atoms with Crippen molar-refractivity contribution in [3.05, 3.63) is 0 Å². The maximum absolute atomic E-state index is 11.3. The van der Waals surface area contributed by atoms with E-state index in [2.05, 4.69) is 4.72 Å². The highest BCUT2D eigenvalue weighted by Gasteiger charge is 2.09. The molecule has 80 valence electrons. The Kier molecular flexibility index (Phi) is 6.73. The van der Waals surface area contributed by atoms with Crippen molar-refractivity contribution in [3.8, 4) is 0 Å². The van der Waals surface area contributed by atoms with Crippen LogP contribution in [0.5, 0.6) is 0 Å². The van der Waals surface area contributed by atoms with E-state index in [0.29, 0.717) is 24.8 Å². The van der Waals surface area contributed by atoms with Gasteiger partial charge in [0.15, 0.2) is 0 Å². The predicted molar refractivity (Wildman–Crippen MR) is 56.6 cm³/mol. The lowest BCUT2D eigenvalue weighted by Crippen LogP contribution is -2.29. The summed E-state index contributed by atoms with van der Waals surface area (Å²) in [4.78, 5) is 0. The fourth-order valence-electron chi connectivity index (χ4n) is 0.752. The molecule has 13 heavy (non-hydrogen) atoms. The zero-order valence-electron chi connectivity index (χ0n) is 8.22. The third-order valence-electron chi connectivity index (χ3n) is 1.51. The Morgan fingerprint density at radius 1 is 1.31 bits per heavy atom. The van der Waals surface area contributed by atoms with Crippen LogP contribution >= 0.6 is 11.6 Å². The van der Waals surface area contributed by atoms with Gasteiger partial charge in [-0.25, -0.2) is 13.1 Å². The van der Waals surface area contributed by atoms with Gasteiger partial charge in [0, 0.05) is 12.4 Å². The summed E-state index contributed by atoms with van der Waals surface area (Å²) in [5.74, 6) is 1.06. The largest absolute Gasteiger partial charge is 0.215 e. The zero-order chi connectivity index (χ0) is 10.3. The number of rotatable bonds is 7. The van der Waals surface area contributed by atoms with Crippen LogP contribution in [0.25, 0.3) is 0 Å². The van der Waals surface area contributed by atoms with Crippen LogP contribution < -0.4 is 4.72 Å². The van der Waals surface area contributed by atoms with Crippen molar-refractivity contribution in [1.82, 2.24) is 4.72 Å². The zero-order valence-corrected chi connectivity index (χ0v) is 9.79. The van der Waals surface area contributed by atoms with Gasteiger partial charge in [0.2, 0.25) is 10.0 Å². The first-order valence-corrected chi connectivity index (χ1v) is 6.70. The van der Waals surface area contributed by atoms with Gasteiger partial charge in [-0.2, -0.15) is 0 Å². The van der Waals surface area contributed by atoms with E-state index in [1.54, 1.807) is 0 Å². The molecule has 3 nitrogen and oxygen atoms in total. The van der Waals surface area contributed by atoms with E-state index in [9.17, 15) is 8.42 Å². The first-order chi connectivity index (χ1) is 5.98. The van der Waals surface area contributed by atoms with Crippen LogP contribution in [0.15, 0.2) is 0 Å². The van der Waals surface area contributed by atoms with Gasteiger partial charge in [-0.1, -0.05) is 13.8 Å². The van der Waals surface area contributed by atoms with Crippen molar-refractivity contribution in [2.75, 3.05) is 18.2 Å². The van der Waals surface area contributed by atoms with Gasteiger partial charge in [0.05, 0.1) is 5.75 Å². The number of alkyl halides is 1. The van der Waals surface area contributed by atoms with E-state index >= 15 is 0 Å². The summed E-state index contributed by atoms with van der Waals surface area (Å²) in [6.45, 7) is 4.46. The van der Waals surface area contributed by atoms with E-state index in [4.69, 9.17) is 11.6 Å². The van der Waals surface area contributed by atoms with Crippen molar-refractivity contribution in [3.63, 3.8) is 0 Å². The van der Waals surface area contributed by atoms with E-state index < -0.39 is 10.0 Å². The molecule has 0 unspecified atom stereocenters. The Hall–Kier alpha value is 0.200. The summed E-state index contributed by atoms with van der Waals surface area (Å²) in [7, 11) is -3.06. The second-order valence-corrected chi connectivity index (χ2v) is 5.76. The molecule has 1 N–H and O–H groups in total. The normalized spacial score (nSPS) is 12.3. The van der Waals surface area contributed by atoms with Gasteiger partial charge in [0.25, 0.3) is 0 Å². The summed E-state index contributed by atoms with van der Waals surface area (Å²) in [5.41, 5.74) is 0. The molecule has 0 aromatic carbocycles. The molecule has 0 aromatic rings. The van der Waals surface area contributed by atoms with Crippen LogP contribution in [0.1, 0.15) is 26.7 Å². The number of hydrogen-bond donors (Lipinski definition) is 1. The van der Waals surface area contributed by atoms with Gasteiger partial charge < -0.3 is 0 Å². The van der Waals surface area contributed by atoms with Crippen molar-refractivity contribution >= 4 is 21.6 Å². The molecule has 0 spiro atoms. The fourth-order valence-corrected chi connectivity index (χ4v) is 2.26. The minimum absolute atomic E-state index is 0.187. The SMILES string of the molecule is CC(C)CNS(=O)(=O)CCCCCl. The lowest BCUT2D eigenvalue weighted by Gasteiger charge is -2.07. The second-order valence-electron chi connectivity index (χ2n) is 3.46. The van der Waals surface area contributed by atoms with Crippen LogP contribution in [0.2, 0.25) is 0 Å². The maximum Gasteiger partial charge on any atom is 0.211 e. The van der Waals surface area contributed by atoms with Gasteiger partial charge in [-0.15, -0.1) is 11.6 Å². The molecule has 0 aliphatic carbocycles. The van der Waals surface area contributed by atoms with Crippen LogP contribution in [0, 0.1) is 5.92 Å². The quantitative estimate of drug-likeness (QED) is 0.530. The van der Waals surface area contributed by atoms with Crippen LogP contribution in [-0.2, 0) is 10.0 Å². The lowest BCUT2D eigenvalue weighted by atomic mass is 10.2. The smallest absolute Gasteiger partial charge is 0.211 e. The van der Waals surface area contributed by atoms with Crippen molar-refractivity contribution in [2.24, 2.45) is 5.92 Å². The number of hydrogen-bond acceptors (Lipinski definition) is 2. The molecule has 0 aliphatic rings. The fraction of sp³-hybridized carbons (Fsp3) is 1.00. The van der Waals surface area contributed by atoms with E-state index in [1.807, 2.05) is 13.8 Å². The molecular weight excluding hydrogens is 210 g/mol. The summed E-state index contributed by atoms with van der Waals surface area (Å²) in [6, 6.07) is 0. The monoisotopic (exact) mass is 227 g/mol. The second kappa shape index (κ2) is 6.62. The Morgan fingerprint density at radius 2 is 1.92 bits per heavy atom. The van der Waals surface area contributed by atoms with E-state index in [-0.39, 0.29) is 5.75 Å². The van der Waals surface area contributed by atoms with Crippen molar-refractivity contribution in [2.45, 2.75) is 26.7 Å². The number of halogens is 1. The first kappa shape index (κ1) is 13.2. The minimum atomic E-state index is -3.06. The topological polar surface area (TPSA) is 46.2 Å². The highest BCUT2D eigenvalue weighted by Crippen LogP contribution is 1.97. The van der Waals surface area contributed by atoms with Crippen LogP contribution in [-0.4, -0.2) is 26.6 Å². The van der Waals surface area contributed by atoms with Crippen molar-refractivity contribution in [1.29, 1.82) is 0 Å². The molecule has 0 bridgehead atoms. The lowest BCUT2D eigenvalue weighted by molar-refractivity contribution is 0.557. The third kappa shape index (κ3) is 8.53. The average Bonchev–Trinajstić information content (AvgIpc) is 2.02. The number of nitrogens with one attached hydrogen (secondary N) is 1. The third-order valence-corrected chi connectivity index (χ3v) is 3.21. The molecule has 0 heterocycles. The van der Waals surface area contributed by atoms with Crippen molar-refractivity contribution < 1.29 is 8.42 Å². The van der Waals surface area contributed by atoms with E-state index in [0.717, 1.165) is 6.42 Å². The van der Waals surface area contributed by atoms with Crippen LogP contribution in [0.4, 0.5) is 0 Å². The highest BCUT2D eigenvalue weighted by atomic mass is 35.5. The highest BCUT2D eigenvalue weighted by molar-refractivity contribution is 7.89. The summed E-state index contributed by atoms with van der Waals surface area (Å²) >= 11 is 5.44. The Bertz CT molecular complexity index is 214. The maximum atomic E-state index is 11.3. The molecule has 5 heteroatoms. The Labute approximate surface area is 85.9 Å². The molecule has 0 atom stereocenters. The molecule has 0 aromatic heterocycles. The minimum Gasteiger partial charge on any atom is -0.215 e. The number of unbranched alkanes of at least 4 members (excludes halogenated alkanes) is 1. The molecule has 0 fully saturated rings. The predicted octanol–water partition coefficient (Wildman–Crippen LogP) is 1.58. The molecule has 0 rings (SSSR count). The van der Waals surface area contributed by atoms with Gasteiger partial charge in [-0.05, 0) is 18.8 Å². The van der Waals surface area contributed by atoms with Crippen LogP contribution in [0.3, 0.4) is 0 Å².